The van der Waals surface area contributed by atoms with Gasteiger partial charge in [-0.05, 0) is 35.9 Å². The third-order valence-corrected chi connectivity index (χ3v) is 3.76. The van der Waals surface area contributed by atoms with Gasteiger partial charge in [-0.2, -0.15) is 0 Å². The number of hydrogen-bond acceptors (Lipinski definition) is 4. The number of hydrogen-bond donors (Lipinski definition) is 1. The molecule has 0 aliphatic heterocycles. The van der Waals surface area contributed by atoms with Crippen LogP contribution in [0.5, 0.6) is 0 Å². The third-order valence-electron chi connectivity index (χ3n) is 3.50. The van der Waals surface area contributed by atoms with Crippen molar-refractivity contribution in [3.05, 3.63) is 64.7 Å². The number of nitrogens with zero attached hydrogens (tertiary/aromatic N) is 1. The van der Waals surface area contributed by atoms with Gasteiger partial charge in [0.25, 0.3) is 5.91 Å². The van der Waals surface area contributed by atoms with Gasteiger partial charge >= 0.3 is 5.97 Å². The van der Waals surface area contributed by atoms with Crippen LogP contribution in [0.2, 0.25) is 5.02 Å². The van der Waals surface area contributed by atoms with Gasteiger partial charge in [0.2, 0.25) is 5.91 Å². The van der Waals surface area contributed by atoms with Crippen molar-refractivity contribution in [1.82, 2.24) is 4.90 Å². The van der Waals surface area contributed by atoms with Crippen LogP contribution in [0.1, 0.15) is 22.8 Å². The summed E-state index contributed by atoms with van der Waals surface area (Å²) in [5, 5.41) is 3.21. The molecular weight excluding hydrogens is 356 g/mol. The number of likely N-dealkylation sites (N-methyl/N-ethyl adjacent to an activating group) is 1. The van der Waals surface area contributed by atoms with Gasteiger partial charge in [0.15, 0.2) is 6.61 Å². The van der Waals surface area contributed by atoms with E-state index in [0.29, 0.717) is 17.3 Å². The highest BCUT2D eigenvalue weighted by atomic mass is 35.5. The van der Waals surface area contributed by atoms with Crippen LogP contribution >= 0.6 is 11.6 Å². The average Bonchev–Trinajstić information content (AvgIpc) is 2.61. The molecule has 7 heteroatoms. The van der Waals surface area contributed by atoms with Crippen LogP contribution in [0, 0.1) is 0 Å². The van der Waals surface area contributed by atoms with Gasteiger partial charge in [0.1, 0.15) is 0 Å². The number of anilines is 1. The Kier molecular flexibility index (Phi) is 6.74. The maximum atomic E-state index is 12.1. The van der Waals surface area contributed by atoms with E-state index in [4.69, 9.17) is 16.3 Å². The van der Waals surface area contributed by atoms with Crippen LogP contribution in [-0.2, 0) is 20.9 Å². The number of halogens is 1. The van der Waals surface area contributed by atoms with Crippen molar-refractivity contribution in [2.45, 2.75) is 13.5 Å². The lowest BCUT2D eigenvalue weighted by atomic mass is 10.2. The monoisotopic (exact) mass is 374 g/mol. The smallest absolute Gasteiger partial charge is 0.338 e. The maximum absolute atomic E-state index is 12.1. The molecule has 0 bridgehead atoms. The van der Waals surface area contributed by atoms with E-state index in [1.807, 2.05) is 12.1 Å². The lowest BCUT2D eigenvalue weighted by Gasteiger charge is -2.17. The van der Waals surface area contributed by atoms with Crippen molar-refractivity contribution < 1.29 is 19.1 Å². The second-order valence-corrected chi connectivity index (χ2v) is 6.15. The first-order valence-electron chi connectivity index (χ1n) is 7.88. The summed E-state index contributed by atoms with van der Waals surface area (Å²) in [6.45, 7) is 1.39. The average molecular weight is 375 g/mol. The minimum Gasteiger partial charge on any atom is -0.452 e. The Morgan fingerprint density at radius 1 is 1.12 bits per heavy atom. The van der Waals surface area contributed by atoms with Gasteiger partial charge in [-0.3, -0.25) is 9.59 Å². The molecule has 0 unspecified atom stereocenters. The van der Waals surface area contributed by atoms with E-state index in [2.05, 4.69) is 5.32 Å². The number of carbonyl (C=O) groups is 3. The number of ether oxygens (including phenoxy) is 1. The molecule has 0 aliphatic carbocycles. The van der Waals surface area contributed by atoms with Gasteiger partial charge in [0.05, 0.1) is 5.56 Å². The minimum absolute atomic E-state index is 0.241. The molecule has 1 N–H and O–H groups in total. The Morgan fingerprint density at radius 2 is 1.81 bits per heavy atom. The molecule has 136 valence electrons. The SMILES string of the molecule is CC(=O)Nc1cccc(C(=O)OCC(=O)N(C)Cc2ccc(Cl)cc2)c1. The van der Waals surface area contributed by atoms with Gasteiger partial charge in [0, 0.05) is 31.2 Å². The summed E-state index contributed by atoms with van der Waals surface area (Å²) in [6, 6.07) is 13.5. The largest absolute Gasteiger partial charge is 0.452 e. The first-order chi connectivity index (χ1) is 12.3. The number of esters is 1. The van der Waals surface area contributed by atoms with E-state index >= 15 is 0 Å². The molecule has 0 saturated carbocycles. The summed E-state index contributed by atoms with van der Waals surface area (Å²) in [4.78, 5) is 36.7. The van der Waals surface area contributed by atoms with Crippen molar-refractivity contribution in [1.29, 1.82) is 0 Å². The highest BCUT2D eigenvalue weighted by molar-refractivity contribution is 6.30. The summed E-state index contributed by atoms with van der Waals surface area (Å²) >= 11 is 5.83. The van der Waals surface area contributed by atoms with E-state index in [9.17, 15) is 14.4 Å². The zero-order valence-electron chi connectivity index (χ0n) is 14.5. The summed E-state index contributed by atoms with van der Waals surface area (Å²) in [5.74, 6) is -1.20. The van der Waals surface area contributed by atoms with Crippen molar-refractivity contribution in [2.75, 3.05) is 19.0 Å². The highest BCUT2D eigenvalue weighted by Gasteiger charge is 2.14. The maximum Gasteiger partial charge on any atom is 0.338 e. The fourth-order valence-electron chi connectivity index (χ4n) is 2.20. The van der Waals surface area contributed by atoms with Crippen LogP contribution in [0.15, 0.2) is 48.5 Å². The van der Waals surface area contributed by atoms with Crippen molar-refractivity contribution in [2.24, 2.45) is 0 Å². The molecule has 0 heterocycles. The van der Waals surface area contributed by atoms with Crippen LogP contribution in [0.3, 0.4) is 0 Å². The highest BCUT2D eigenvalue weighted by Crippen LogP contribution is 2.13. The van der Waals surface area contributed by atoms with Crippen LogP contribution in [0.25, 0.3) is 0 Å². The van der Waals surface area contributed by atoms with Gasteiger partial charge in [-0.15, -0.1) is 0 Å². The van der Waals surface area contributed by atoms with Crippen molar-refractivity contribution >= 4 is 35.1 Å². The number of amides is 2. The van der Waals surface area contributed by atoms with E-state index < -0.39 is 5.97 Å². The Bertz CT molecular complexity index is 805. The molecule has 0 atom stereocenters. The number of rotatable bonds is 6. The van der Waals surface area contributed by atoms with Gasteiger partial charge in [-0.1, -0.05) is 29.8 Å². The Balaban J connectivity index is 1.88. The first kappa shape index (κ1) is 19.5. The summed E-state index contributed by atoms with van der Waals surface area (Å²) in [7, 11) is 1.63. The Morgan fingerprint density at radius 3 is 2.46 bits per heavy atom. The quantitative estimate of drug-likeness (QED) is 0.788. The minimum atomic E-state index is -0.634. The Hall–Kier alpha value is -2.86. The molecule has 0 aromatic heterocycles. The van der Waals surface area contributed by atoms with Gasteiger partial charge in [-0.25, -0.2) is 4.79 Å². The number of benzene rings is 2. The second kappa shape index (κ2) is 9.01. The van der Waals surface area contributed by atoms with E-state index in [-0.39, 0.29) is 24.0 Å². The molecule has 2 amide bonds. The molecular formula is C19H19ClN2O4. The third kappa shape index (κ3) is 5.89. The molecule has 0 spiro atoms. The van der Waals surface area contributed by atoms with E-state index in [0.717, 1.165) is 5.56 Å². The summed E-state index contributed by atoms with van der Waals surface area (Å²) < 4.78 is 5.06. The lowest BCUT2D eigenvalue weighted by Crippen LogP contribution is -2.30. The summed E-state index contributed by atoms with van der Waals surface area (Å²) in [6.07, 6.45) is 0. The second-order valence-electron chi connectivity index (χ2n) is 5.71. The van der Waals surface area contributed by atoms with E-state index in [1.165, 1.54) is 17.9 Å². The number of nitrogens with one attached hydrogen (secondary N) is 1. The fraction of sp³-hybridized carbons (Fsp3) is 0.211. The molecule has 2 rings (SSSR count). The molecule has 0 radical (unpaired) electrons. The predicted molar refractivity (Wildman–Crippen MR) is 99.0 cm³/mol. The molecule has 2 aromatic rings. The molecule has 0 fully saturated rings. The zero-order chi connectivity index (χ0) is 19.1. The zero-order valence-corrected chi connectivity index (χ0v) is 15.2. The fourth-order valence-corrected chi connectivity index (χ4v) is 2.33. The predicted octanol–water partition coefficient (Wildman–Crippen LogP) is 3.11. The van der Waals surface area contributed by atoms with Crippen LogP contribution in [-0.4, -0.2) is 36.3 Å². The first-order valence-corrected chi connectivity index (χ1v) is 8.26. The molecule has 0 saturated heterocycles. The topological polar surface area (TPSA) is 75.7 Å². The number of carbonyl (C=O) groups excluding carboxylic acids is 3. The van der Waals surface area contributed by atoms with Gasteiger partial charge < -0.3 is 15.0 Å². The van der Waals surface area contributed by atoms with Crippen LogP contribution in [0.4, 0.5) is 5.69 Å². The van der Waals surface area contributed by atoms with Crippen molar-refractivity contribution in [3.63, 3.8) is 0 Å². The molecule has 6 nitrogen and oxygen atoms in total. The van der Waals surface area contributed by atoms with Crippen molar-refractivity contribution in [3.8, 4) is 0 Å². The lowest BCUT2D eigenvalue weighted by molar-refractivity contribution is -0.133. The molecule has 2 aromatic carbocycles. The summed E-state index contributed by atoms with van der Waals surface area (Å²) in [5.41, 5.74) is 1.65. The normalized spacial score (nSPS) is 10.1. The van der Waals surface area contributed by atoms with Crippen LogP contribution < -0.4 is 5.32 Å². The molecule has 26 heavy (non-hydrogen) atoms. The Labute approximate surface area is 156 Å². The van der Waals surface area contributed by atoms with E-state index in [1.54, 1.807) is 37.4 Å². The molecule has 0 aliphatic rings. The standard InChI is InChI=1S/C19H19ClN2O4/c1-13(23)21-17-5-3-4-15(10-17)19(25)26-12-18(24)22(2)11-14-6-8-16(20)9-7-14/h3-10H,11-12H2,1-2H3,(H,21,23).